The van der Waals surface area contributed by atoms with E-state index in [0.717, 1.165) is 24.8 Å². The maximum absolute atomic E-state index is 12.6. The predicted octanol–water partition coefficient (Wildman–Crippen LogP) is 3.48. The average molecular weight is 383 g/mol. The molecular formula is C22H25NO5. The average Bonchev–Trinajstić information content (AvgIpc) is 2.95. The zero-order chi connectivity index (χ0) is 20.1. The summed E-state index contributed by atoms with van der Waals surface area (Å²) in [7, 11) is 1.52. The van der Waals surface area contributed by atoms with Crippen LogP contribution >= 0.6 is 0 Å². The van der Waals surface area contributed by atoms with E-state index < -0.39 is 5.97 Å². The van der Waals surface area contributed by atoms with Crippen LogP contribution in [-0.2, 0) is 14.3 Å². The summed E-state index contributed by atoms with van der Waals surface area (Å²) in [6, 6.07) is 3.27. The smallest absolute Gasteiger partial charge is 0.340 e. The van der Waals surface area contributed by atoms with Gasteiger partial charge in [-0.2, -0.15) is 0 Å². The van der Waals surface area contributed by atoms with Crippen molar-refractivity contribution >= 4 is 11.9 Å². The highest BCUT2D eigenvalue weighted by molar-refractivity contribution is 5.91. The minimum absolute atomic E-state index is 0.00622. The van der Waals surface area contributed by atoms with Gasteiger partial charge in [0, 0.05) is 23.8 Å². The van der Waals surface area contributed by atoms with Crippen LogP contribution in [0.25, 0.3) is 0 Å². The number of aromatic nitrogens is 1. The molecule has 0 unspecified atom stereocenters. The number of nitrogens with zero attached hydrogens (tertiary/aromatic N) is 1. The minimum Gasteiger partial charge on any atom is -0.481 e. The van der Waals surface area contributed by atoms with Gasteiger partial charge >= 0.3 is 11.9 Å². The number of methoxy groups -OCH3 is 1. The molecule has 0 bridgehead atoms. The monoisotopic (exact) mass is 383 g/mol. The van der Waals surface area contributed by atoms with Crippen LogP contribution in [0.1, 0.15) is 43.0 Å². The van der Waals surface area contributed by atoms with Gasteiger partial charge in [-0.15, -0.1) is 0 Å². The molecule has 2 aliphatic carbocycles. The number of hydrogen-bond acceptors (Lipinski definition) is 6. The van der Waals surface area contributed by atoms with Gasteiger partial charge in [0.05, 0.1) is 12.7 Å². The van der Waals surface area contributed by atoms with Gasteiger partial charge in [-0.25, -0.2) is 14.6 Å². The Labute approximate surface area is 164 Å². The van der Waals surface area contributed by atoms with E-state index in [0.29, 0.717) is 23.4 Å². The van der Waals surface area contributed by atoms with Crippen molar-refractivity contribution in [2.75, 3.05) is 7.11 Å². The van der Waals surface area contributed by atoms with E-state index in [9.17, 15) is 9.59 Å². The van der Waals surface area contributed by atoms with Crippen molar-refractivity contribution in [2.45, 2.75) is 44.8 Å². The summed E-state index contributed by atoms with van der Waals surface area (Å²) in [6.07, 6.45) is 4.20. The molecule has 5 atom stereocenters. The van der Waals surface area contributed by atoms with Crippen LogP contribution in [-0.4, -0.2) is 36.2 Å². The first kappa shape index (κ1) is 18.7. The van der Waals surface area contributed by atoms with Crippen LogP contribution in [0.2, 0.25) is 0 Å². The Hall–Kier alpha value is -2.63. The van der Waals surface area contributed by atoms with E-state index in [2.05, 4.69) is 25.1 Å². The van der Waals surface area contributed by atoms with Gasteiger partial charge in [-0.1, -0.05) is 20.1 Å². The summed E-state index contributed by atoms with van der Waals surface area (Å²) in [4.78, 5) is 28.5. The van der Waals surface area contributed by atoms with Crippen LogP contribution in [0.15, 0.2) is 42.6 Å². The lowest BCUT2D eigenvalue weighted by Crippen LogP contribution is -2.47. The fourth-order valence-electron chi connectivity index (χ4n) is 4.99. The first-order valence-corrected chi connectivity index (χ1v) is 9.62. The molecule has 6 heteroatoms. The maximum atomic E-state index is 12.6. The Morgan fingerprint density at radius 3 is 2.82 bits per heavy atom. The lowest BCUT2D eigenvalue weighted by molar-refractivity contribution is -0.142. The zero-order valence-electron chi connectivity index (χ0n) is 16.3. The number of pyridine rings is 1. The van der Waals surface area contributed by atoms with Crippen molar-refractivity contribution in [2.24, 2.45) is 17.3 Å². The Balaban J connectivity index is 1.48. The molecule has 0 spiro atoms. The van der Waals surface area contributed by atoms with Crippen molar-refractivity contribution in [3.05, 3.63) is 48.2 Å². The lowest BCUT2D eigenvalue weighted by atomic mass is 9.55. The number of hydrogen-bond donors (Lipinski definition) is 0. The SMILES string of the molecule is C=C1C(=O)O[C@@H]2C[C@@]3(C)CC[C@@H](OC(=O)c4ccc(OC)nc4)C(=C)[C@@H]3C[C@H]12. The van der Waals surface area contributed by atoms with E-state index >= 15 is 0 Å². The number of ether oxygens (including phenoxy) is 3. The summed E-state index contributed by atoms with van der Waals surface area (Å²) in [6.45, 7) is 10.4. The third kappa shape index (κ3) is 3.01. The second-order valence-electron chi connectivity index (χ2n) is 8.32. The molecule has 4 rings (SSSR count). The fourth-order valence-corrected chi connectivity index (χ4v) is 4.99. The second kappa shape index (κ2) is 6.76. The van der Waals surface area contributed by atoms with Crippen LogP contribution in [0.5, 0.6) is 5.88 Å². The van der Waals surface area contributed by atoms with Gasteiger partial charge in [-0.05, 0) is 48.7 Å². The summed E-state index contributed by atoms with van der Waals surface area (Å²) < 4.78 is 16.3. The van der Waals surface area contributed by atoms with Crippen molar-refractivity contribution in [3.63, 3.8) is 0 Å². The Bertz CT molecular complexity index is 845. The van der Waals surface area contributed by atoms with Crippen molar-refractivity contribution in [3.8, 4) is 5.88 Å². The molecule has 1 aliphatic heterocycles. The molecule has 2 heterocycles. The number of fused-ring (bicyclic) bond motifs is 2. The van der Waals surface area contributed by atoms with E-state index in [1.165, 1.54) is 13.3 Å². The number of carbonyl (C=O) groups excluding carboxylic acids is 2. The predicted molar refractivity (Wildman–Crippen MR) is 102 cm³/mol. The van der Waals surface area contributed by atoms with Gasteiger partial charge in [-0.3, -0.25) is 0 Å². The molecule has 148 valence electrons. The summed E-state index contributed by atoms with van der Waals surface area (Å²) in [5.41, 5.74) is 1.86. The molecule has 0 aromatic carbocycles. The minimum atomic E-state index is -0.414. The molecule has 3 aliphatic rings. The molecule has 0 radical (unpaired) electrons. The van der Waals surface area contributed by atoms with Crippen LogP contribution in [0.4, 0.5) is 0 Å². The van der Waals surface area contributed by atoms with Crippen LogP contribution in [0, 0.1) is 17.3 Å². The normalized spacial score (nSPS) is 34.3. The molecule has 3 fully saturated rings. The van der Waals surface area contributed by atoms with Gasteiger partial charge < -0.3 is 14.2 Å². The standard InChI is InChI=1S/C22H25NO5/c1-12-15-9-16-13(2)17(7-8-22(16,3)10-18(15)28-20(12)24)27-21(25)14-5-6-19(26-4)23-11-14/h5-6,11,15-18H,1-2,7-10H2,3-4H3/t15-,16+,17-,18-,22-/m1/s1. The quantitative estimate of drug-likeness (QED) is 0.452. The first-order valence-electron chi connectivity index (χ1n) is 9.62. The molecule has 0 N–H and O–H groups in total. The summed E-state index contributed by atoms with van der Waals surface area (Å²) >= 11 is 0. The second-order valence-corrected chi connectivity index (χ2v) is 8.32. The van der Waals surface area contributed by atoms with Gasteiger partial charge in [0.25, 0.3) is 0 Å². The van der Waals surface area contributed by atoms with Crippen LogP contribution < -0.4 is 4.74 Å². The zero-order valence-corrected chi connectivity index (χ0v) is 16.3. The van der Waals surface area contributed by atoms with Gasteiger partial charge in [0.1, 0.15) is 12.2 Å². The summed E-state index contributed by atoms with van der Waals surface area (Å²) in [5, 5.41) is 0. The molecular weight excluding hydrogens is 358 g/mol. The molecule has 1 saturated heterocycles. The first-order chi connectivity index (χ1) is 13.3. The van der Waals surface area contributed by atoms with Crippen molar-refractivity contribution < 1.29 is 23.8 Å². The Kier molecular flexibility index (Phi) is 4.52. The molecule has 2 saturated carbocycles. The van der Waals surface area contributed by atoms with Crippen molar-refractivity contribution in [1.82, 2.24) is 4.98 Å². The van der Waals surface area contributed by atoms with E-state index in [4.69, 9.17) is 14.2 Å². The highest BCUT2D eigenvalue weighted by Crippen LogP contribution is 2.57. The number of esters is 2. The topological polar surface area (TPSA) is 74.7 Å². The highest BCUT2D eigenvalue weighted by Gasteiger charge is 2.54. The number of carbonyl (C=O) groups is 2. The van der Waals surface area contributed by atoms with E-state index in [-0.39, 0.29) is 35.4 Å². The fraction of sp³-hybridized carbons (Fsp3) is 0.500. The molecule has 1 aromatic heterocycles. The van der Waals surface area contributed by atoms with Crippen LogP contribution in [0.3, 0.4) is 0 Å². The molecule has 1 aromatic rings. The molecule has 28 heavy (non-hydrogen) atoms. The lowest BCUT2D eigenvalue weighted by Gasteiger charge is -2.51. The van der Waals surface area contributed by atoms with E-state index in [1.807, 2.05) is 0 Å². The third-order valence-corrected chi connectivity index (χ3v) is 6.68. The Morgan fingerprint density at radius 2 is 2.14 bits per heavy atom. The summed E-state index contributed by atoms with van der Waals surface area (Å²) in [5.74, 6) is -0.0527. The molecule has 0 amide bonds. The number of rotatable bonds is 3. The maximum Gasteiger partial charge on any atom is 0.340 e. The highest BCUT2D eigenvalue weighted by atomic mass is 16.6. The van der Waals surface area contributed by atoms with Crippen molar-refractivity contribution in [1.29, 1.82) is 0 Å². The Morgan fingerprint density at radius 1 is 1.36 bits per heavy atom. The van der Waals surface area contributed by atoms with Gasteiger partial charge in [0.2, 0.25) is 5.88 Å². The van der Waals surface area contributed by atoms with E-state index in [1.54, 1.807) is 12.1 Å². The third-order valence-electron chi connectivity index (χ3n) is 6.68. The largest absolute Gasteiger partial charge is 0.481 e. The van der Waals surface area contributed by atoms with Gasteiger partial charge in [0.15, 0.2) is 0 Å². The molecule has 6 nitrogen and oxygen atoms in total.